The lowest BCUT2D eigenvalue weighted by Gasteiger charge is -2.07. The lowest BCUT2D eigenvalue weighted by Crippen LogP contribution is -2.21. The van der Waals surface area contributed by atoms with Crippen molar-refractivity contribution in [1.29, 1.82) is 0 Å². The molecule has 0 spiro atoms. The molecule has 0 aliphatic heterocycles. The second-order valence-corrected chi connectivity index (χ2v) is 9.31. The first-order valence-electron chi connectivity index (χ1n) is 9.01. The van der Waals surface area contributed by atoms with Crippen LogP contribution in [0.1, 0.15) is 10.4 Å². The summed E-state index contributed by atoms with van der Waals surface area (Å²) in [5.41, 5.74) is 0.223. The molecule has 0 unspecified atom stereocenters. The molecule has 2 nitrogen and oxygen atoms in total. The highest BCUT2D eigenvalue weighted by Crippen LogP contribution is 2.30. The molecule has 29 heavy (non-hydrogen) atoms. The maximum atomic E-state index is 10.2. The normalized spacial score (nSPS) is 10.1. The van der Waals surface area contributed by atoms with Crippen molar-refractivity contribution >= 4 is 39.5 Å². The number of benzene rings is 4. The Bertz CT molecular complexity index is 927. The third-order valence-corrected chi connectivity index (χ3v) is 6.97. The summed E-state index contributed by atoms with van der Waals surface area (Å²) in [5, 5.41) is 10.2. The van der Waals surface area contributed by atoms with Crippen LogP contribution in [0.3, 0.4) is 0 Å². The van der Waals surface area contributed by atoms with E-state index in [4.69, 9.17) is 0 Å². The lowest BCUT2D eigenvalue weighted by molar-refractivity contribution is -0.255. The topological polar surface area (TPSA) is 40.1 Å². The molecule has 0 saturated heterocycles. The number of carbonyl (C=O) groups is 1. The predicted molar refractivity (Wildman–Crippen MR) is 125 cm³/mol. The number of rotatable bonds is 4. The van der Waals surface area contributed by atoms with Crippen LogP contribution in [-0.4, -0.2) is 5.97 Å². The highest BCUT2D eigenvalue weighted by molar-refractivity contribution is 14.1. The van der Waals surface area contributed by atoms with Gasteiger partial charge in [0.1, 0.15) is 0 Å². The van der Waals surface area contributed by atoms with Crippen LogP contribution in [0, 0.1) is 3.57 Å². The van der Waals surface area contributed by atoms with E-state index < -0.39 is 5.97 Å². The summed E-state index contributed by atoms with van der Waals surface area (Å²) in [7, 11) is -0.0146. The van der Waals surface area contributed by atoms with E-state index in [-0.39, 0.29) is 16.5 Å². The van der Waals surface area contributed by atoms with Crippen molar-refractivity contribution in [3.8, 4) is 0 Å². The summed E-state index contributed by atoms with van der Waals surface area (Å²) in [4.78, 5) is 14.3. The number of aromatic carboxylic acids is 1. The van der Waals surface area contributed by atoms with Gasteiger partial charge in [0.05, 0.1) is 16.9 Å². The minimum Gasteiger partial charge on any atom is -0.545 e. The first-order chi connectivity index (χ1) is 14.1. The third kappa shape index (κ3) is 6.21. The Hall–Kier alpha value is -2.57. The molecule has 4 heteroatoms. The first kappa shape index (κ1) is 21.1. The van der Waals surface area contributed by atoms with Gasteiger partial charge in [0, 0.05) is 3.57 Å². The van der Waals surface area contributed by atoms with Gasteiger partial charge in [0.25, 0.3) is 0 Å². The number of hydrogen-bond acceptors (Lipinski definition) is 2. The fourth-order valence-corrected chi connectivity index (χ4v) is 5.13. The summed E-state index contributed by atoms with van der Waals surface area (Å²) >= 11 is 2.11. The van der Waals surface area contributed by atoms with Crippen LogP contribution in [-0.2, 0) is 10.9 Å². The highest BCUT2D eigenvalue weighted by Gasteiger charge is 2.27. The standard InChI is InChI=1S/C18H15S.C7H5IO2/c1-4-10-16(11-5-1)19(17-12-6-2-7-13-17)18-14-8-3-9-15-18;8-6-3-1-5(2-4-6)7(9)10/h1-15H;1-4H,(H,9,10)/q+1;/p-1. The lowest BCUT2D eigenvalue weighted by atomic mass is 10.2. The largest absolute Gasteiger partial charge is 0.545 e. The summed E-state index contributed by atoms with van der Waals surface area (Å²) in [6, 6.07) is 38.7. The van der Waals surface area contributed by atoms with Crippen molar-refractivity contribution in [2.24, 2.45) is 0 Å². The fraction of sp³-hybridized carbons (Fsp3) is 0. The molecule has 0 heterocycles. The Morgan fingerprint density at radius 2 is 0.931 bits per heavy atom. The molecule has 0 aliphatic rings. The van der Waals surface area contributed by atoms with Crippen LogP contribution in [0.15, 0.2) is 130 Å². The van der Waals surface area contributed by atoms with Gasteiger partial charge < -0.3 is 9.90 Å². The zero-order valence-corrected chi connectivity index (χ0v) is 18.5. The molecule has 0 fully saturated rings. The molecule has 0 radical (unpaired) electrons. The molecule has 4 aromatic carbocycles. The quantitative estimate of drug-likeness (QED) is 0.271. The zero-order valence-electron chi connectivity index (χ0n) is 15.6. The van der Waals surface area contributed by atoms with Gasteiger partial charge in [-0.2, -0.15) is 0 Å². The van der Waals surface area contributed by atoms with Gasteiger partial charge in [0.2, 0.25) is 0 Å². The van der Waals surface area contributed by atoms with E-state index in [1.807, 2.05) is 0 Å². The number of hydrogen-bond donors (Lipinski definition) is 0. The molecule has 0 saturated carbocycles. The fourth-order valence-electron chi connectivity index (χ4n) is 2.66. The Kier molecular flexibility index (Phi) is 7.90. The SMILES string of the molecule is O=C([O-])c1ccc(I)cc1.c1ccc([S+](c2ccccc2)c2ccccc2)cc1. The van der Waals surface area contributed by atoms with Crippen LogP contribution in [0.4, 0.5) is 0 Å². The van der Waals surface area contributed by atoms with Gasteiger partial charge in [0.15, 0.2) is 14.7 Å². The predicted octanol–water partition coefficient (Wildman–Crippen LogP) is 5.44. The molecule has 0 atom stereocenters. The monoisotopic (exact) mass is 510 g/mol. The van der Waals surface area contributed by atoms with Gasteiger partial charge in [-0.25, -0.2) is 0 Å². The molecule has 0 aliphatic carbocycles. The Morgan fingerprint density at radius 1 is 0.586 bits per heavy atom. The van der Waals surface area contributed by atoms with Gasteiger partial charge in [-0.05, 0) is 76.7 Å². The van der Waals surface area contributed by atoms with Crippen LogP contribution < -0.4 is 5.11 Å². The Labute approximate surface area is 187 Å². The van der Waals surface area contributed by atoms with Crippen molar-refractivity contribution in [1.82, 2.24) is 0 Å². The smallest absolute Gasteiger partial charge is 0.166 e. The molecule has 4 aromatic rings. The van der Waals surface area contributed by atoms with Crippen molar-refractivity contribution in [3.05, 3.63) is 124 Å². The van der Waals surface area contributed by atoms with E-state index in [9.17, 15) is 9.90 Å². The molecule has 0 bridgehead atoms. The van der Waals surface area contributed by atoms with E-state index in [1.54, 1.807) is 12.1 Å². The van der Waals surface area contributed by atoms with E-state index >= 15 is 0 Å². The van der Waals surface area contributed by atoms with Crippen LogP contribution in [0.5, 0.6) is 0 Å². The van der Waals surface area contributed by atoms with E-state index in [2.05, 4.69) is 114 Å². The third-order valence-electron chi connectivity index (χ3n) is 4.02. The molecule has 4 rings (SSSR count). The summed E-state index contributed by atoms with van der Waals surface area (Å²) in [6.07, 6.45) is 0. The molecule has 0 amide bonds. The molecule has 0 N–H and O–H groups in total. The number of halogens is 1. The van der Waals surface area contributed by atoms with Crippen molar-refractivity contribution in [3.63, 3.8) is 0 Å². The van der Waals surface area contributed by atoms with E-state index in [0.717, 1.165) is 3.57 Å². The molecule has 0 aromatic heterocycles. The van der Waals surface area contributed by atoms with E-state index in [1.165, 1.54) is 26.8 Å². The minimum atomic E-state index is -1.13. The number of carboxylic acid groups (broad SMARTS) is 1. The van der Waals surface area contributed by atoms with E-state index in [0.29, 0.717) is 0 Å². The van der Waals surface area contributed by atoms with Gasteiger partial charge in [-0.1, -0.05) is 66.7 Å². The van der Waals surface area contributed by atoms with Crippen LogP contribution in [0.25, 0.3) is 0 Å². The second kappa shape index (κ2) is 10.8. The first-order valence-corrected chi connectivity index (χ1v) is 11.3. The van der Waals surface area contributed by atoms with Crippen molar-refractivity contribution in [2.45, 2.75) is 14.7 Å². The molecular formula is C25H19IO2S. The Morgan fingerprint density at radius 3 is 1.24 bits per heavy atom. The molecule has 144 valence electrons. The van der Waals surface area contributed by atoms with Gasteiger partial charge in [-0.3, -0.25) is 0 Å². The Balaban J connectivity index is 0.000000204. The van der Waals surface area contributed by atoms with Crippen molar-refractivity contribution < 1.29 is 9.90 Å². The highest BCUT2D eigenvalue weighted by atomic mass is 127. The maximum absolute atomic E-state index is 10.2. The average Bonchev–Trinajstić information content (AvgIpc) is 2.77. The van der Waals surface area contributed by atoms with Crippen LogP contribution >= 0.6 is 22.6 Å². The van der Waals surface area contributed by atoms with Crippen molar-refractivity contribution in [2.75, 3.05) is 0 Å². The maximum Gasteiger partial charge on any atom is 0.166 e. The summed E-state index contributed by atoms with van der Waals surface area (Å²) < 4.78 is 1.02. The second-order valence-electron chi connectivity index (χ2n) is 6.04. The number of carboxylic acids is 1. The van der Waals surface area contributed by atoms with Gasteiger partial charge in [-0.15, -0.1) is 0 Å². The van der Waals surface area contributed by atoms with Gasteiger partial charge >= 0.3 is 0 Å². The zero-order chi connectivity index (χ0) is 20.5. The number of carbonyl (C=O) groups excluding carboxylic acids is 1. The van der Waals surface area contributed by atoms with Crippen LogP contribution in [0.2, 0.25) is 0 Å². The summed E-state index contributed by atoms with van der Waals surface area (Å²) in [5.74, 6) is -1.13. The minimum absolute atomic E-state index is 0.0146. The summed E-state index contributed by atoms with van der Waals surface area (Å²) in [6.45, 7) is 0. The average molecular weight is 510 g/mol. The molecular weight excluding hydrogens is 491 g/mol.